The van der Waals surface area contributed by atoms with E-state index < -0.39 is 49.0 Å². The van der Waals surface area contributed by atoms with Gasteiger partial charge in [0.05, 0.1) is 13.5 Å². The van der Waals surface area contributed by atoms with Crippen LogP contribution in [0.4, 0.5) is 0 Å². The Morgan fingerprint density at radius 2 is 1.80 bits per heavy atom. The average molecular weight is 359 g/mol. The van der Waals surface area contributed by atoms with Crippen LogP contribution in [0.2, 0.25) is 0 Å². The summed E-state index contributed by atoms with van der Waals surface area (Å²) in [6.07, 6.45) is 0.782. The Labute approximate surface area is 141 Å². The maximum absolute atomic E-state index is 11.7. The van der Waals surface area contributed by atoms with Gasteiger partial charge in [0.2, 0.25) is 12.7 Å². The Bertz CT molecular complexity index is 559. The first-order valence-electron chi connectivity index (χ1n) is 6.59. The van der Waals surface area contributed by atoms with Crippen molar-refractivity contribution in [3.05, 3.63) is 12.2 Å². The van der Waals surface area contributed by atoms with E-state index in [4.69, 9.17) is 5.11 Å². The molecule has 0 radical (unpaired) electrons. The van der Waals surface area contributed by atoms with Crippen LogP contribution in [0.1, 0.15) is 6.42 Å². The molecule has 0 aromatic carbocycles. The maximum atomic E-state index is 11.7. The number of hydrogen-bond donors (Lipinski definition) is 3. The summed E-state index contributed by atoms with van der Waals surface area (Å²) in [7, 11) is 1.11. The lowest BCUT2D eigenvalue weighted by Crippen LogP contribution is -2.46. The summed E-state index contributed by atoms with van der Waals surface area (Å²) in [5, 5.41) is 14.1. The van der Waals surface area contributed by atoms with Crippen LogP contribution in [0.15, 0.2) is 17.3 Å². The zero-order valence-corrected chi connectivity index (χ0v) is 13.2. The van der Waals surface area contributed by atoms with Gasteiger partial charge in [-0.2, -0.15) is 5.10 Å². The molecule has 0 aliphatic rings. The molecule has 0 spiro atoms. The predicted octanol–water partition coefficient (Wildman–Crippen LogP) is -2.08. The predicted molar refractivity (Wildman–Crippen MR) is 79.9 cm³/mol. The summed E-state index contributed by atoms with van der Waals surface area (Å²) in [5.41, 5.74) is 2.22. The lowest BCUT2D eigenvalue weighted by atomic mass is 10.2. The molecule has 138 valence electrons. The number of esters is 3. The fourth-order valence-corrected chi connectivity index (χ4v) is 1.24. The monoisotopic (exact) mass is 359 g/mol. The van der Waals surface area contributed by atoms with E-state index in [1.54, 1.807) is 0 Å². The maximum Gasteiger partial charge on any atom is 0.333 e. The third-order valence-electron chi connectivity index (χ3n) is 2.31. The van der Waals surface area contributed by atoms with Gasteiger partial charge in [-0.15, -0.1) is 0 Å². The molecule has 12 nitrogen and oxygen atoms in total. The molecule has 0 aliphatic carbocycles. The van der Waals surface area contributed by atoms with Crippen molar-refractivity contribution in [3.63, 3.8) is 0 Å². The summed E-state index contributed by atoms with van der Waals surface area (Å²) in [4.78, 5) is 55.9. The van der Waals surface area contributed by atoms with E-state index in [2.05, 4.69) is 36.8 Å². The number of carbonyl (C=O) groups is 5. The van der Waals surface area contributed by atoms with Crippen LogP contribution in [-0.4, -0.2) is 68.1 Å². The van der Waals surface area contributed by atoms with Gasteiger partial charge >= 0.3 is 23.9 Å². The number of carboxylic acid groups (broad SMARTS) is 1. The zero-order chi connectivity index (χ0) is 19.2. The van der Waals surface area contributed by atoms with Crippen molar-refractivity contribution in [2.45, 2.75) is 12.5 Å². The van der Waals surface area contributed by atoms with Crippen LogP contribution in [0, 0.1) is 0 Å². The number of nitrogens with one attached hydrogen (secondary N) is 2. The van der Waals surface area contributed by atoms with Crippen molar-refractivity contribution in [3.8, 4) is 0 Å². The molecule has 3 N–H and O–H groups in total. The normalized spacial score (nSPS) is 11.1. The van der Waals surface area contributed by atoms with Crippen LogP contribution in [0.25, 0.3) is 0 Å². The first kappa shape index (κ1) is 21.6. The quantitative estimate of drug-likeness (QED) is 0.122. The number of methoxy groups -OCH3 is 1. The molecular formula is C13H17N3O9. The average Bonchev–Trinajstić information content (AvgIpc) is 2.56. The van der Waals surface area contributed by atoms with Crippen molar-refractivity contribution in [1.29, 1.82) is 0 Å². The van der Waals surface area contributed by atoms with Gasteiger partial charge in [-0.3, -0.25) is 9.59 Å². The second kappa shape index (κ2) is 12.0. The van der Waals surface area contributed by atoms with E-state index in [0.717, 1.165) is 19.3 Å². The lowest BCUT2D eigenvalue weighted by molar-refractivity contribution is -0.167. The Hall–Kier alpha value is -3.44. The van der Waals surface area contributed by atoms with E-state index >= 15 is 0 Å². The Kier molecular flexibility index (Phi) is 10.4. The highest BCUT2D eigenvalue weighted by molar-refractivity contribution is 5.91. The molecule has 1 atom stereocenters. The highest BCUT2D eigenvalue weighted by Crippen LogP contribution is 1.97. The van der Waals surface area contributed by atoms with Gasteiger partial charge in [0.1, 0.15) is 12.6 Å². The second-order valence-electron chi connectivity index (χ2n) is 4.11. The van der Waals surface area contributed by atoms with Crippen molar-refractivity contribution in [2.75, 3.05) is 20.4 Å². The Morgan fingerprint density at radius 1 is 1.16 bits per heavy atom. The fourth-order valence-electron chi connectivity index (χ4n) is 1.24. The molecule has 0 aromatic heterocycles. The van der Waals surface area contributed by atoms with Gasteiger partial charge in [-0.05, 0) is 0 Å². The highest BCUT2D eigenvalue weighted by atomic mass is 16.7. The second-order valence-corrected chi connectivity index (χ2v) is 4.11. The number of ether oxygens (including phenoxy) is 3. The summed E-state index contributed by atoms with van der Waals surface area (Å²) in [6.45, 7) is 1.90. The molecule has 0 heterocycles. The number of carbonyl (C=O) groups excluding carboxylic acids is 4. The topological polar surface area (TPSA) is 170 Å². The molecule has 0 fully saturated rings. The molecule has 25 heavy (non-hydrogen) atoms. The van der Waals surface area contributed by atoms with Crippen molar-refractivity contribution in [1.82, 2.24) is 10.7 Å². The SMILES string of the molecule is C=NNCC(=O)N[C@@H](CC(=O)O)C(=O)OCOC(=O)/C=C/C(=O)OC. The molecular weight excluding hydrogens is 342 g/mol. The van der Waals surface area contributed by atoms with Crippen LogP contribution < -0.4 is 10.7 Å². The van der Waals surface area contributed by atoms with Gasteiger partial charge in [0, 0.05) is 18.9 Å². The number of rotatable bonds is 11. The van der Waals surface area contributed by atoms with E-state index in [9.17, 15) is 24.0 Å². The largest absolute Gasteiger partial charge is 0.481 e. The molecule has 0 aromatic rings. The van der Waals surface area contributed by atoms with E-state index in [1.165, 1.54) is 0 Å². The smallest absolute Gasteiger partial charge is 0.333 e. The van der Waals surface area contributed by atoms with Gasteiger partial charge in [0.15, 0.2) is 0 Å². The number of nitrogens with zero attached hydrogens (tertiary/aromatic N) is 1. The molecule has 0 rings (SSSR count). The number of carboxylic acids is 1. The van der Waals surface area contributed by atoms with Crippen molar-refractivity contribution < 1.29 is 43.3 Å². The molecule has 0 bridgehead atoms. The van der Waals surface area contributed by atoms with Crippen LogP contribution in [0.5, 0.6) is 0 Å². The summed E-state index contributed by atoms with van der Waals surface area (Å²) >= 11 is 0. The zero-order valence-electron chi connectivity index (χ0n) is 13.2. The first-order valence-corrected chi connectivity index (χ1v) is 6.59. The number of aliphatic carboxylic acids is 1. The minimum atomic E-state index is -1.50. The number of hydrogen-bond acceptors (Lipinski definition) is 10. The molecule has 0 aliphatic heterocycles. The number of amides is 1. The third-order valence-corrected chi connectivity index (χ3v) is 2.31. The van der Waals surface area contributed by atoms with Crippen LogP contribution in [0.3, 0.4) is 0 Å². The minimum Gasteiger partial charge on any atom is -0.481 e. The Morgan fingerprint density at radius 3 is 2.36 bits per heavy atom. The minimum absolute atomic E-state index is 0.333. The summed E-state index contributed by atoms with van der Waals surface area (Å²) < 4.78 is 13.3. The third kappa shape index (κ3) is 10.8. The van der Waals surface area contributed by atoms with Crippen LogP contribution in [-0.2, 0) is 38.2 Å². The Balaban J connectivity index is 4.46. The van der Waals surface area contributed by atoms with Gasteiger partial charge in [0.25, 0.3) is 0 Å². The standard InChI is InChI=1S/C13H17N3O9/c1-14-15-6-9(17)16-8(5-10(18)19)13(22)25-7-24-12(21)4-3-11(20)23-2/h3-4,8,15H,1,5-7H2,2H3,(H,16,17)(H,18,19)/b4-3+/t8-/m0/s1. The summed E-state index contributed by atoms with van der Waals surface area (Å²) in [5.74, 6) is -5.02. The summed E-state index contributed by atoms with van der Waals surface area (Å²) in [6, 6.07) is -1.50. The van der Waals surface area contributed by atoms with Crippen molar-refractivity contribution >= 4 is 36.5 Å². The molecule has 0 unspecified atom stereocenters. The number of hydrazone groups is 1. The van der Waals surface area contributed by atoms with E-state index in [0.29, 0.717) is 0 Å². The first-order chi connectivity index (χ1) is 11.8. The van der Waals surface area contributed by atoms with Crippen LogP contribution >= 0.6 is 0 Å². The molecule has 0 saturated heterocycles. The highest BCUT2D eigenvalue weighted by Gasteiger charge is 2.25. The molecule has 1 amide bonds. The van der Waals surface area contributed by atoms with Crippen molar-refractivity contribution in [2.24, 2.45) is 5.10 Å². The van der Waals surface area contributed by atoms with E-state index in [-0.39, 0.29) is 6.54 Å². The van der Waals surface area contributed by atoms with Gasteiger partial charge in [-0.25, -0.2) is 14.4 Å². The molecule has 12 heteroatoms. The van der Waals surface area contributed by atoms with Gasteiger partial charge < -0.3 is 30.1 Å². The lowest BCUT2D eigenvalue weighted by Gasteiger charge is -2.15. The van der Waals surface area contributed by atoms with E-state index in [1.807, 2.05) is 0 Å². The fraction of sp³-hybridized carbons (Fsp3) is 0.385. The molecule has 0 saturated carbocycles. The van der Waals surface area contributed by atoms with Gasteiger partial charge in [-0.1, -0.05) is 0 Å².